The molecule has 0 aliphatic carbocycles. The maximum atomic E-state index is 6.57. The predicted octanol–water partition coefficient (Wildman–Crippen LogP) is 30.5. The van der Waals surface area contributed by atoms with Crippen molar-refractivity contribution in [3.63, 3.8) is 0 Å². The van der Waals surface area contributed by atoms with E-state index in [0.29, 0.717) is 0 Å². The Morgan fingerprint density at radius 3 is 0.980 bits per heavy atom. The van der Waals surface area contributed by atoms with Gasteiger partial charge in [0.15, 0.2) is 17.5 Å². The number of nitrogens with zero attached hydrogens (tertiary/aromatic N) is 10. The number of benzene rings is 19. The van der Waals surface area contributed by atoms with Gasteiger partial charge in [-0.2, -0.15) is 0 Å². The smallest absolute Gasteiger partial charge is 0.162 e. The Labute approximate surface area is 854 Å². The quantitative estimate of drug-likeness (QED) is 0.125. The molecular weight excluding hydrogens is 1860 g/mol. The molecular formula is C132H92N10OSSi3. The molecule has 12 heterocycles. The van der Waals surface area contributed by atoms with Crippen LogP contribution in [0.25, 0.3) is 254 Å². The summed E-state index contributed by atoms with van der Waals surface area (Å²) < 4.78 is 18.9. The Morgan fingerprint density at radius 1 is 0.218 bits per heavy atom. The van der Waals surface area contributed by atoms with Crippen LogP contribution in [-0.2, 0) is 0 Å². The number of hydrogen-bond acceptors (Lipinski definition) is 8. The number of hydrogen-bond donors (Lipinski definition) is 0. The lowest BCUT2D eigenvalue weighted by Gasteiger charge is -2.22. The van der Waals surface area contributed by atoms with E-state index in [-0.39, 0.29) is 0 Å². The minimum atomic E-state index is -2.08. The molecule has 3 aliphatic rings. The van der Waals surface area contributed by atoms with Crippen molar-refractivity contribution < 1.29 is 4.42 Å². The van der Waals surface area contributed by atoms with Crippen LogP contribution in [0.4, 0.5) is 0 Å². The van der Waals surface area contributed by atoms with Gasteiger partial charge in [0.05, 0.1) is 101 Å². The number of aromatic nitrogens is 10. The maximum Gasteiger partial charge on any atom is 0.162 e. The molecule has 0 N–H and O–H groups in total. The van der Waals surface area contributed by atoms with E-state index in [1.807, 2.05) is 23.5 Å². The van der Waals surface area contributed by atoms with Crippen LogP contribution >= 0.6 is 11.3 Å². The summed E-state index contributed by atoms with van der Waals surface area (Å²) in [6, 6.07) is 161. The van der Waals surface area contributed by atoms with Gasteiger partial charge < -0.3 is 22.7 Å². The first-order valence-electron chi connectivity index (χ1n) is 50.5. The topological polar surface area (TPSA) is 110 Å². The first-order chi connectivity index (χ1) is 72.3. The number of fused-ring (bicyclic) bond motifs is 30. The van der Waals surface area contributed by atoms with Gasteiger partial charge in [-0.3, -0.25) is 0 Å². The molecule has 0 atom stereocenters. The molecule has 11 nitrogen and oxygen atoms in total. The second kappa shape index (κ2) is 33.2. The van der Waals surface area contributed by atoms with E-state index in [1.54, 1.807) is 0 Å². The van der Waals surface area contributed by atoms with Gasteiger partial charge in [0.1, 0.15) is 35.4 Å². The molecule has 3 aliphatic heterocycles. The van der Waals surface area contributed by atoms with Crippen LogP contribution in [0.3, 0.4) is 0 Å². The average Bonchev–Trinajstić information content (AvgIpc) is 1.55. The van der Waals surface area contributed by atoms with Crippen molar-refractivity contribution in [2.24, 2.45) is 0 Å². The van der Waals surface area contributed by atoms with Crippen LogP contribution in [0.5, 0.6) is 0 Å². The highest BCUT2D eigenvalue weighted by molar-refractivity contribution is 7.26. The van der Waals surface area contributed by atoms with Crippen molar-refractivity contribution in [2.75, 3.05) is 0 Å². The Morgan fingerprint density at radius 2 is 0.531 bits per heavy atom. The summed E-state index contributed by atoms with van der Waals surface area (Å²) in [5.74, 6) is 2.23. The zero-order chi connectivity index (χ0) is 97.8. The van der Waals surface area contributed by atoms with Crippen LogP contribution < -0.4 is 31.1 Å². The highest BCUT2D eigenvalue weighted by Crippen LogP contribution is 2.50. The van der Waals surface area contributed by atoms with E-state index in [9.17, 15) is 0 Å². The predicted molar refractivity (Wildman–Crippen MR) is 623 cm³/mol. The zero-order valence-electron chi connectivity index (χ0n) is 81.5. The molecule has 0 unspecified atom stereocenters. The first-order valence-corrected chi connectivity index (χ1v) is 60.3. The number of rotatable bonds is 10. The maximum absolute atomic E-state index is 6.57. The average molecular weight is 1950 g/mol. The lowest BCUT2D eigenvalue weighted by molar-refractivity contribution is 0.673. The SMILES string of the molecule is C[Si]1(C)c2ccccc2-c2nc(-c3ccccc3-n3c4ccccc4c4c3ccc3c5ccccc5n(-c5ccccc5)c34)nc(-c3ccccc3)c21.C[Si]1(C)c2ccccc2-c2nc(-c3ccccc3-n3c4ccccc4c4c5oc6ccccc6c5ccc43)nc(-c3ccccc3)c21.C[Si]1(C)c2ccccc2-c2nc(-c3ccccc3-n3c4ccccc4c4c5sc6ccccc6c5ccc43)nc(-c3ccccc3)c21. The monoisotopic (exact) mass is 1950 g/mol. The van der Waals surface area contributed by atoms with Crippen molar-refractivity contribution >= 4 is 196 Å². The number of furan rings is 1. The normalized spacial score (nSPS) is 13.4. The second-order valence-corrected chi connectivity index (χ2v) is 54.4. The van der Waals surface area contributed by atoms with Crippen molar-refractivity contribution in [2.45, 2.75) is 39.3 Å². The molecule has 0 bridgehead atoms. The molecule has 0 spiro atoms. The third-order valence-corrected chi connectivity index (χ3v) is 43.0. The summed E-state index contributed by atoms with van der Waals surface area (Å²) in [6.07, 6.45) is 0. The van der Waals surface area contributed by atoms with Gasteiger partial charge in [-0.1, -0.05) is 379 Å². The molecule has 0 fully saturated rings. The van der Waals surface area contributed by atoms with Crippen LogP contribution in [0.2, 0.25) is 39.3 Å². The van der Waals surface area contributed by atoms with Crippen LogP contribution in [0, 0.1) is 0 Å². The van der Waals surface area contributed by atoms with Crippen LogP contribution in [-0.4, -0.2) is 72.4 Å². The van der Waals surface area contributed by atoms with Gasteiger partial charge in [-0.15, -0.1) is 11.3 Å². The minimum Gasteiger partial charge on any atom is -0.455 e. The van der Waals surface area contributed by atoms with E-state index in [4.69, 9.17) is 34.3 Å². The van der Waals surface area contributed by atoms with Gasteiger partial charge >= 0.3 is 0 Å². The van der Waals surface area contributed by atoms with E-state index in [0.717, 1.165) is 163 Å². The summed E-state index contributed by atoms with van der Waals surface area (Å²) in [7, 11) is -6.17. The molecule has 15 heteroatoms. The largest absolute Gasteiger partial charge is 0.455 e. The Hall–Kier alpha value is -17.7. The summed E-state index contributed by atoms with van der Waals surface area (Å²) >= 11 is 1.89. The molecule has 31 rings (SSSR count). The van der Waals surface area contributed by atoms with Crippen LogP contribution in [0.15, 0.2) is 453 Å². The molecule has 0 amide bonds. The fraction of sp³-hybridized carbons (Fsp3) is 0.0455. The summed E-state index contributed by atoms with van der Waals surface area (Å²) in [5.41, 5.74) is 32.0. The van der Waals surface area contributed by atoms with E-state index >= 15 is 0 Å². The second-order valence-electron chi connectivity index (χ2n) is 40.5. The van der Waals surface area contributed by atoms with Crippen LogP contribution in [0.1, 0.15) is 0 Å². The Balaban J connectivity index is 0.000000104. The van der Waals surface area contributed by atoms with Gasteiger partial charge in [0, 0.05) is 108 Å². The fourth-order valence-electron chi connectivity index (χ4n) is 24.8. The van der Waals surface area contributed by atoms with E-state index in [1.165, 1.54) is 122 Å². The molecule has 0 saturated carbocycles. The Bertz CT molecular complexity index is 10000. The molecule has 9 aromatic heterocycles. The number of para-hydroxylation sites is 9. The molecule has 0 radical (unpaired) electrons. The lowest BCUT2D eigenvalue weighted by Crippen LogP contribution is -2.50. The molecule has 147 heavy (non-hydrogen) atoms. The van der Waals surface area contributed by atoms with Crippen molar-refractivity contribution in [3.05, 3.63) is 449 Å². The van der Waals surface area contributed by atoms with Gasteiger partial charge in [0.2, 0.25) is 0 Å². The standard InChI is InChI=1S/C48H34N4Si.C42H29N3OSi.C42H29N3SSi/c1-53(2)42-28-16-12-24-37(42)45-47(53)44(31-17-5-3-6-18-31)49-48(50-45)36-23-11-15-27-40(36)52-39-26-14-10-22-35(39)43-41(52)30-29-34-33-21-9-13-25-38(33)51(46(34)43)32-19-7-4-8-20-32;2*1-47(2)36-23-13-9-19-31(36)39-41(47)38(26-14-4-3-5-15-26)43-42(44-39)30-18-7-11-21-33(30)45-32-20-10-6-17-29(32)37-34(45)25-24-28-27-16-8-12-22-35(27)46-40(28)37/h3-30H,1-2H3;2*3-25H,1-2H3. The summed E-state index contributed by atoms with van der Waals surface area (Å²) in [5, 5.41) is 22.9. The highest BCUT2D eigenvalue weighted by atomic mass is 32.1. The molecule has 694 valence electrons. The van der Waals surface area contributed by atoms with Crippen molar-refractivity contribution in [3.8, 4) is 124 Å². The van der Waals surface area contributed by atoms with Gasteiger partial charge in [-0.25, -0.2) is 29.9 Å². The fourth-order valence-corrected chi connectivity index (χ4v) is 35.8. The highest BCUT2D eigenvalue weighted by Gasteiger charge is 2.46. The summed E-state index contributed by atoms with van der Waals surface area (Å²) in [6.45, 7) is 14.6. The minimum absolute atomic E-state index is 0.732. The Kier molecular flexibility index (Phi) is 19.4. The van der Waals surface area contributed by atoms with E-state index < -0.39 is 24.2 Å². The third kappa shape index (κ3) is 13.0. The lowest BCUT2D eigenvalue weighted by atomic mass is 10.1. The first kappa shape index (κ1) is 86.0. The zero-order valence-corrected chi connectivity index (χ0v) is 85.3. The molecule has 28 aromatic rings. The van der Waals surface area contributed by atoms with Gasteiger partial charge in [-0.05, 0) is 157 Å². The summed E-state index contributed by atoms with van der Waals surface area (Å²) in [4.78, 5) is 32.9. The van der Waals surface area contributed by atoms with Crippen molar-refractivity contribution in [1.29, 1.82) is 0 Å². The van der Waals surface area contributed by atoms with Crippen molar-refractivity contribution in [1.82, 2.24) is 48.2 Å². The molecule has 0 saturated heterocycles. The molecule has 19 aromatic carbocycles. The van der Waals surface area contributed by atoms with Gasteiger partial charge in [0.25, 0.3) is 0 Å². The van der Waals surface area contributed by atoms with E-state index in [2.05, 4.69) is 494 Å². The third-order valence-electron chi connectivity index (χ3n) is 31.3. The number of thiophene rings is 1.